The molecule has 5 nitrogen and oxygen atoms in total. The zero-order valence-corrected chi connectivity index (χ0v) is 6.96. The number of hydrogen-bond acceptors (Lipinski definition) is 4. The van der Waals surface area contributed by atoms with Gasteiger partial charge in [-0.1, -0.05) is 6.07 Å². The molecule has 0 fully saturated rings. The van der Waals surface area contributed by atoms with Crippen molar-refractivity contribution in [3.63, 3.8) is 0 Å². The number of aromatic nitrogens is 4. The van der Waals surface area contributed by atoms with Gasteiger partial charge in [-0.3, -0.25) is 0 Å². The molecule has 0 aliphatic heterocycles. The normalized spacial score (nSPS) is 10.2. The average molecular weight is 175 g/mol. The lowest BCUT2D eigenvalue weighted by atomic mass is 10.3. The topological polar surface area (TPSA) is 69.6 Å². The minimum atomic E-state index is 0.433. The molecule has 0 aliphatic rings. The third-order valence-corrected chi connectivity index (χ3v) is 1.65. The van der Waals surface area contributed by atoms with Gasteiger partial charge in [0.2, 0.25) is 0 Å². The molecule has 2 N–H and O–H groups in total. The lowest BCUT2D eigenvalue weighted by Gasteiger charge is -2.00. The van der Waals surface area contributed by atoms with Gasteiger partial charge in [-0.15, -0.1) is 0 Å². The predicted molar refractivity (Wildman–Crippen MR) is 47.0 cm³/mol. The Labute approximate surface area is 75.2 Å². The summed E-state index contributed by atoms with van der Waals surface area (Å²) >= 11 is 0. The molecule has 66 valence electrons. The Hall–Kier alpha value is -1.75. The number of nitrogens with zero attached hydrogens (tertiary/aromatic N) is 4. The number of rotatable bonds is 2. The molecule has 0 aliphatic carbocycles. The Bertz CT molecular complexity index is 381. The van der Waals surface area contributed by atoms with Crippen molar-refractivity contribution in [3.05, 3.63) is 36.5 Å². The first kappa shape index (κ1) is 7.88. The fraction of sp³-hybridized carbons (Fsp3) is 0.125. The Morgan fingerprint density at radius 1 is 1.38 bits per heavy atom. The van der Waals surface area contributed by atoms with Gasteiger partial charge >= 0.3 is 0 Å². The summed E-state index contributed by atoms with van der Waals surface area (Å²) in [5.74, 6) is 0.737. The summed E-state index contributed by atoms with van der Waals surface area (Å²) in [4.78, 5) is 8.10. The van der Waals surface area contributed by atoms with E-state index in [9.17, 15) is 0 Å². The van der Waals surface area contributed by atoms with E-state index in [-0.39, 0.29) is 0 Å². The van der Waals surface area contributed by atoms with Crippen molar-refractivity contribution in [2.45, 2.75) is 6.54 Å². The Morgan fingerprint density at radius 2 is 2.31 bits per heavy atom. The quantitative estimate of drug-likeness (QED) is 0.703. The molecule has 2 heterocycles. The average Bonchev–Trinajstić information content (AvgIpc) is 2.71. The van der Waals surface area contributed by atoms with E-state index in [0.29, 0.717) is 6.54 Å². The maximum absolute atomic E-state index is 5.46. The van der Waals surface area contributed by atoms with Crippen molar-refractivity contribution in [2.24, 2.45) is 5.73 Å². The molecule has 0 saturated heterocycles. The van der Waals surface area contributed by atoms with E-state index in [1.54, 1.807) is 11.0 Å². The summed E-state index contributed by atoms with van der Waals surface area (Å²) in [6, 6.07) is 5.63. The number of hydrogen-bond donors (Lipinski definition) is 1. The maximum Gasteiger partial charge on any atom is 0.155 e. The van der Waals surface area contributed by atoms with E-state index in [4.69, 9.17) is 5.73 Å². The summed E-state index contributed by atoms with van der Waals surface area (Å²) in [6.07, 6.45) is 3.07. The van der Waals surface area contributed by atoms with Gasteiger partial charge in [0, 0.05) is 6.54 Å². The van der Waals surface area contributed by atoms with Gasteiger partial charge in [0.05, 0.1) is 5.69 Å². The van der Waals surface area contributed by atoms with Gasteiger partial charge in [0.25, 0.3) is 0 Å². The molecule has 0 amide bonds. The van der Waals surface area contributed by atoms with Crippen LogP contribution in [-0.2, 0) is 6.54 Å². The molecule has 5 heteroatoms. The van der Waals surface area contributed by atoms with Crippen molar-refractivity contribution < 1.29 is 0 Å². The SMILES string of the molecule is NCc1cccc(-n2cncn2)n1. The molecule has 0 radical (unpaired) electrons. The number of pyridine rings is 1. The van der Waals surface area contributed by atoms with Gasteiger partial charge < -0.3 is 5.73 Å². The van der Waals surface area contributed by atoms with Crippen LogP contribution in [-0.4, -0.2) is 19.7 Å². The highest BCUT2D eigenvalue weighted by Crippen LogP contribution is 2.02. The Morgan fingerprint density at radius 3 is 3.00 bits per heavy atom. The van der Waals surface area contributed by atoms with Gasteiger partial charge in [0.15, 0.2) is 5.82 Å². The Balaban J connectivity index is 2.41. The molecule has 0 atom stereocenters. The van der Waals surface area contributed by atoms with Crippen LogP contribution in [0.2, 0.25) is 0 Å². The predicted octanol–water partition coefficient (Wildman–Crippen LogP) is 0.121. The molecule has 0 unspecified atom stereocenters. The second-order valence-corrected chi connectivity index (χ2v) is 2.53. The van der Waals surface area contributed by atoms with Crippen LogP contribution in [0, 0.1) is 0 Å². The van der Waals surface area contributed by atoms with Crippen molar-refractivity contribution in [1.29, 1.82) is 0 Å². The highest BCUT2D eigenvalue weighted by molar-refractivity contribution is 5.22. The molecule has 0 spiro atoms. The largest absolute Gasteiger partial charge is 0.325 e. The van der Waals surface area contributed by atoms with E-state index >= 15 is 0 Å². The van der Waals surface area contributed by atoms with Crippen LogP contribution < -0.4 is 5.73 Å². The summed E-state index contributed by atoms with van der Waals surface area (Å²) in [7, 11) is 0. The summed E-state index contributed by atoms with van der Waals surface area (Å²) in [5.41, 5.74) is 6.31. The van der Waals surface area contributed by atoms with Crippen LogP contribution in [0.3, 0.4) is 0 Å². The van der Waals surface area contributed by atoms with Gasteiger partial charge in [-0.2, -0.15) is 5.10 Å². The van der Waals surface area contributed by atoms with Crippen molar-refractivity contribution in [3.8, 4) is 5.82 Å². The van der Waals surface area contributed by atoms with E-state index in [1.165, 1.54) is 6.33 Å². The van der Waals surface area contributed by atoms with E-state index in [1.807, 2.05) is 18.2 Å². The minimum absolute atomic E-state index is 0.433. The third-order valence-electron chi connectivity index (χ3n) is 1.65. The van der Waals surface area contributed by atoms with Crippen molar-refractivity contribution in [2.75, 3.05) is 0 Å². The van der Waals surface area contributed by atoms with Crippen molar-refractivity contribution in [1.82, 2.24) is 19.7 Å². The zero-order chi connectivity index (χ0) is 9.10. The molecule has 2 aromatic rings. The van der Waals surface area contributed by atoms with Gasteiger partial charge in [-0.25, -0.2) is 14.6 Å². The monoisotopic (exact) mass is 175 g/mol. The molecular weight excluding hydrogens is 166 g/mol. The van der Waals surface area contributed by atoms with Crippen LogP contribution in [0.1, 0.15) is 5.69 Å². The highest BCUT2D eigenvalue weighted by atomic mass is 15.3. The standard InChI is InChI=1S/C8H9N5/c9-4-7-2-1-3-8(12-7)13-6-10-5-11-13/h1-3,5-6H,4,9H2. The first-order valence-corrected chi connectivity index (χ1v) is 3.91. The van der Waals surface area contributed by atoms with E-state index < -0.39 is 0 Å². The summed E-state index contributed by atoms with van der Waals surface area (Å²) in [5, 5.41) is 3.96. The first-order chi connectivity index (χ1) is 6.40. The number of nitrogens with two attached hydrogens (primary N) is 1. The molecule has 0 bridgehead atoms. The van der Waals surface area contributed by atoms with Gasteiger partial charge in [0.1, 0.15) is 12.7 Å². The lowest BCUT2D eigenvalue weighted by Crippen LogP contribution is -2.04. The lowest BCUT2D eigenvalue weighted by molar-refractivity contribution is 0.828. The van der Waals surface area contributed by atoms with E-state index in [2.05, 4.69) is 15.1 Å². The summed E-state index contributed by atoms with van der Waals surface area (Å²) in [6.45, 7) is 0.433. The van der Waals surface area contributed by atoms with Crippen LogP contribution in [0.15, 0.2) is 30.9 Å². The molecule has 0 saturated carbocycles. The molecule has 2 rings (SSSR count). The summed E-state index contributed by atoms with van der Waals surface area (Å²) < 4.78 is 1.60. The van der Waals surface area contributed by atoms with Crippen LogP contribution in [0.25, 0.3) is 5.82 Å². The zero-order valence-electron chi connectivity index (χ0n) is 6.96. The van der Waals surface area contributed by atoms with E-state index in [0.717, 1.165) is 11.5 Å². The fourth-order valence-corrected chi connectivity index (χ4v) is 1.03. The smallest absolute Gasteiger partial charge is 0.155 e. The maximum atomic E-state index is 5.46. The molecule has 2 aromatic heterocycles. The molecular formula is C8H9N5. The second kappa shape index (κ2) is 3.32. The molecule has 13 heavy (non-hydrogen) atoms. The van der Waals surface area contributed by atoms with Crippen LogP contribution >= 0.6 is 0 Å². The highest BCUT2D eigenvalue weighted by Gasteiger charge is 1.98. The third kappa shape index (κ3) is 1.54. The van der Waals surface area contributed by atoms with Gasteiger partial charge in [-0.05, 0) is 12.1 Å². The second-order valence-electron chi connectivity index (χ2n) is 2.53. The fourth-order valence-electron chi connectivity index (χ4n) is 1.03. The molecule has 0 aromatic carbocycles. The Kier molecular flexibility index (Phi) is 2.01. The van der Waals surface area contributed by atoms with Crippen molar-refractivity contribution >= 4 is 0 Å². The van der Waals surface area contributed by atoms with Crippen LogP contribution in [0.5, 0.6) is 0 Å². The minimum Gasteiger partial charge on any atom is -0.325 e. The first-order valence-electron chi connectivity index (χ1n) is 3.91. The van der Waals surface area contributed by atoms with Crippen LogP contribution in [0.4, 0.5) is 0 Å².